The molecule has 1 heterocycles. The molecule has 1 aliphatic heterocycles. The Bertz CT molecular complexity index is 87.3. The van der Waals surface area contributed by atoms with Gasteiger partial charge in [-0.05, 0) is 18.8 Å². The van der Waals surface area contributed by atoms with Gasteiger partial charge < -0.3 is 0 Å². The summed E-state index contributed by atoms with van der Waals surface area (Å²) < 4.78 is 0. The van der Waals surface area contributed by atoms with Crippen LogP contribution in [0.3, 0.4) is 0 Å². The minimum Gasteiger partial charge on any atom is -0.299 e. The van der Waals surface area contributed by atoms with E-state index in [-0.39, 0.29) is 0 Å². The number of hydroxylamine groups is 2. The van der Waals surface area contributed by atoms with Gasteiger partial charge in [0.05, 0.1) is 6.61 Å². The second-order valence-corrected chi connectivity index (χ2v) is 3.33. The van der Waals surface area contributed by atoms with Gasteiger partial charge in [0.2, 0.25) is 0 Å². The van der Waals surface area contributed by atoms with E-state index in [4.69, 9.17) is 4.84 Å². The quantitative estimate of drug-likeness (QED) is 0.596. The number of nitrogens with zero attached hydrogens (tertiary/aromatic N) is 1. The molecule has 1 fully saturated rings. The summed E-state index contributed by atoms with van der Waals surface area (Å²) in [5, 5.41) is 2.08. The highest BCUT2D eigenvalue weighted by Gasteiger charge is 2.11. The molecule has 60 valence electrons. The maximum absolute atomic E-state index is 5.50. The van der Waals surface area contributed by atoms with Crippen LogP contribution in [0.4, 0.5) is 0 Å². The largest absolute Gasteiger partial charge is 0.299 e. The Morgan fingerprint density at radius 2 is 1.90 bits per heavy atom. The standard InChI is InChI=1S/C8H17NO/c1-8(2)7-10-9-5-3-4-6-9/h8H,3-7H2,1-2H3. The Kier molecular flexibility index (Phi) is 3.16. The molecule has 0 aromatic rings. The first kappa shape index (κ1) is 8.02. The normalized spacial score (nSPS) is 20.7. The van der Waals surface area contributed by atoms with Crippen molar-refractivity contribution in [3.63, 3.8) is 0 Å². The van der Waals surface area contributed by atoms with Gasteiger partial charge in [0.1, 0.15) is 0 Å². The molecule has 0 aromatic carbocycles. The van der Waals surface area contributed by atoms with Crippen LogP contribution in [0.15, 0.2) is 0 Å². The van der Waals surface area contributed by atoms with Crippen molar-refractivity contribution in [2.75, 3.05) is 19.7 Å². The van der Waals surface area contributed by atoms with Crippen molar-refractivity contribution in [2.24, 2.45) is 5.92 Å². The van der Waals surface area contributed by atoms with Crippen LogP contribution < -0.4 is 0 Å². The summed E-state index contributed by atoms with van der Waals surface area (Å²) in [4.78, 5) is 5.50. The summed E-state index contributed by atoms with van der Waals surface area (Å²) in [5.74, 6) is 0.653. The Morgan fingerprint density at radius 3 is 2.40 bits per heavy atom. The van der Waals surface area contributed by atoms with Crippen LogP contribution in [-0.2, 0) is 4.84 Å². The average molecular weight is 143 g/mol. The van der Waals surface area contributed by atoms with Crippen molar-refractivity contribution in [2.45, 2.75) is 26.7 Å². The average Bonchev–Trinajstić information content (AvgIpc) is 2.34. The van der Waals surface area contributed by atoms with Crippen molar-refractivity contribution >= 4 is 0 Å². The first-order valence-electron chi connectivity index (χ1n) is 4.17. The minimum atomic E-state index is 0.653. The summed E-state index contributed by atoms with van der Waals surface area (Å²) in [6.45, 7) is 7.49. The maximum Gasteiger partial charge on any atom is 0.0708 e. The third kappa shape index (κ3) is 2.67. The maximum atomic E-state index is 5.50. The smallest absolute Gasteiger partial charge is 0.0708 e. The lowest BCUT2D eigenvalue weighted by atomic mass is 10.2. The van der Waals surface area contributed by atoms with Crippen molar-refractivity contribution in [1.29, 1.82) is 0 Å². The molecule has 0 amide bonds. The molecule has 0 radical (unpaired) electrons. The van der Waals surface area contributed by atoms with Crippen LogP contribution in [0, 0.1) is 5.92 Å². The molecule has 2 nitrogen and oxygen atoms in total. The monoisotopic (exact) mass is 143 g/mol. The van der Waals surface area contributed by atoms with Gasteiger partial charge in [0, 0.05) is 13.1 Å². The van der Waals surface area contributed by atoms with Gasteiger partial charge >= 0.3 is 0 Å². The van der Waals surface area contributed by atoms with Crippen molar-refractivity contribution in [3.8, 4) is 0 Å². The fourth-order valence-electron chi connectivity index (χ4n) is 1.07. The van der Waals surface area contributed by atoms with Crippen molar-refractivity contribution in [1.82, 2.24) is 5.06 Å². The molecule has 0 bridgehead atoms. The molecule has 10 heavy (non-hydrogen) atoms. The molecular weight excluding hydrogens is 126 g/mol. The lowest BCUT2D eigenvalue weighted by molar-refractivity contribution is -0.151. The van der Waals surface area contributed by atoms with Gasteiger partial charge in [-0.3, -0.25) is 4.84 Å². The second kappa shape index (κ2) is 3.94. The fourth-order valence-corrected chi connectivity index (χ4v) is 1.07. The van der Waals surface area contributed by atoms with Gasteiger partial charge in [-0.2, -0.15) is 5.06 Å². The van der Waals surface area contributed by atoms with E-state index in [0.29, 0.717) is 5.92 Å². The highest BCUT2D eigenvalue weighted by molar-refractivity contribution is 4.57. The van der Waals surface area contributed by atoms with E-state index in [1.165, 1.54) is 12.8 Å². The summed E-state index contributed by atoms with van der Waals surface area (Å²) in [7, 11) is 0. The number of rotatable bonds is 3. The third-order valence-corrected chi connectivity index (χ3v) is 1.66. The molecule has 0 aliphatic carbocycles. The van der Waals surface area contributed by atoms with E-state index >= 15 is 0 Å². The lowest BCUT2D eigenvalue weighted by Crippen LogP contribution is -2.22. The molecule has 0 unspecified atom stereocenters. The predicted molar refractivity (Wildman–Crippen MR) is 41.6 cm³/mol. The van der Waals surface area contributed by atoms with Crippen LogP contribution >= 0.6 is 0 Å². The Balaban J connectivity index is 2.01. The molecule has 0 atom stereocenters. The molecule has 1 saturated heterocycles. The molecule has 1 rings (SSSR count). The SMILES string of the molecule is CC(C)CON1CCCC1. The summed E-state index contributed by atoms with van der Waals surface area (Å²) >= 11 is 0. The first-order valence-corrected chi connectivity index (χ1v) is 4.17. The topological polar surface area (TPSA) is 12.5 Å². The molecule has 0 aromatic heterocycles. The Morgan fingerprint density at radius 1 is 1.30 bits per heavy atom. The zero-order valence-corrected chi connectivity index (χ0v) is 6.97. The highest BCUT2D eigenvalue weighted by atomic mass is 16.7. The van der Waals surface area contributed by atoms with Crippen LogP contribution in [-0.4, -0.2) is 24.8 Å². The fraction of sp³-hybridized carbons (Fsp3) is 1.00. The van der Waals surface area contributed by atoms with Crippen LogP contribution in [0.2, 0.25) is 0 Å². The molecule has 0 spiro atoms. The molecule has 0 saturated carbocycles. The molecule has 1 aliphatic rings. The lowest BCUT2D eigenvalue weighted by Gasteiger charge is -2.15. The summed E-state index contributed by atoms with van der Waals surface area (Å²) in [6.07, 6.45) is 2.61. The van der Waals surface area contributed by atoms with E-state index in [2.05, 4.69) is 18.9 Å². The predicted octanol–water partition coefficient (Wildman–Crippen LogP) is 1.67. The van der Waals surface area contributed by atoms with Gasteiger partial charge in [-0.15, -0.1) is 0 Å². The Hall–Kier alpha value is -0.0800. The number of hydrogen-bond donors (Lipinski definition) is 0. The first-order chi connectivity index (χ1) is 4.79. The molecular formula is C8H17NO. The van der Waals surface area contributed by atoms with Crippen LogP contribution in [0.25, 0.3) is 0 Å². The summed E-state index contributed by atoms with van der Waals surface area (Å²) in [5.41, 5.74) is 0. The van der Waals surface area contributed by atoms with E-state index in [9.17, 15) is 0 Å². The van der Waals surface area contributed by atoms with Gasteiger partial charge in [0.15, 0.2) is 0 Å². The van der Waals surface area contributed by atoms with E-state index in [1.807, 2.05) is 0 Å². The highest BCUT2D eigenvalue weighted by Crippen LogP contribution is 2.08. The van der Waals surface area contributed by atoms with E-state index < -0.39 is 0 Å². The van der Waals surface area contributed by atoms with Crippen LogP contribution in [0.1, 0.15) is 26.7 Å². The zero-order chi connectivity index (χ0) is 7.40. The van der Waals surface area contributed by atoms with E-state index in [0.717, 1.165) is 19.7 Å². The summed E-state index contributed by atoms with van der Waals surface area (Å²) in [6, 6.07) is 0. The Labute approximate surface area is 63.1 Å². The number of hydrogen-bond acceptors (Lipinski definition) is 2. The zero-order valence-electron chi connectivity index (χ0n) is 6.97. The van der Waals surface area contributed by atoms with Gasteiger partial charge in [-0.1, -0.05) is 13.8 Å². The third-order valence-electron chi connectivity index (χ3n) is 1.66. The van der Waals surface area contributed by atoms with Crippen LogP contribution in [0.5, 0.6) is 0 Å². The molecule has 0 N–H and O–H groups in total. The molecule has 2 heteroatoms. The second-order valence-electron chi connectivity index (χ2n) is 3.33. The minimum absolute atomic E-state index is 0.653. The van der Waals surface area contributed by atoms with Crippen molar-refractivity contribution in [3.05, 3.63) is 0 Å². The van der Waals surface area contributed by atoms with Crippen molar-refractivity contribution < 1.29 is 4.84 Å². The van der Waals surface area contributed by atoms with Gasteiger partial charge in [-0.25, -0.2) is 0 Å². The van der Waals surface area contributed by atoms with E-state index in [1.54, 1.807) is 0 Å². The van der Waals surface area contributed by atoms with Gasteiger partial charge in [0.25, 0.3) is 0 Å².